The molecule has 2 aromatic carbocycles. The van der Waals surface area contributed by atoms with Crippen molar-refractivity contribution in [2.75, 3.05) is 24.2 Å². The topological polar surface area (TPSA) is 115 Å². The Labute approximate surface area is 237 Å². The zero-order chi connectivity index (χ0) is 28.5. The van der Waals surface area contributed by atoms with Crippen molar-refractivity contribution in [3.05, 3.63) is 88.1 Å². The van der Waals surface area contributed by atoms with Crippen LogP contribution < -0.4 is 16.2 Å². The summed E-state index contributed by atoms with van der Waals surface area (Å²) in [6.07, 6.45) is 3.30. The zero-order valence-electron chi connectivity index (χ0n) is 22.9. The second-order valence-electron chi connectivity index (χ2n) is 9.51. The first kappa shape index (κ1) is 29.1. The second-order valence-corrected chi connectivity index (χ2v) is 10.5. The Morgan fingerprint density at radius 2 is 1.93 bits per heavy atom. The van der Waals surface area contributed by atoms with E-state index in [1.807, 2.05) is 38.1 Å². The second kappa shape index (κ2) is 14.0. The highest BCUT2D eigenvalue weighted by atomic mass is 32.2. The molecule has 0 aliphatic carbocycles. The molecule has 2 amide bonds. The molecule has 0 aliphatic heterocycles. The van der Waals surface area contributed by atoms with Gasteiger partial charge in [-0.25, -0.2) is 4.98 Å². The van der Waals surface area contributed by atoms with Gasteiger partial charge < -0.3 is 19.8 Å². The third-order valence-electron chi connectivity index (χ3n) is 6.11. The summed E-state index contributed by atoms with van der Waals surface area (Å²) in [5.74, 6) is 0.158. The summed E-state index contributed by atoms with van der Waals surface area (Å²) in [5.41, 5.74) is 2.39. The number of fused-ring (bicyclic) bond motifs is 1. The minimum absolute atomic E-state index is 0.0459. The third kappa shape index (κ3) is 7.83. The molecule has 0 aliphatic rings. The van der Waals surface area contributed by atoms with E-state index in [1.165, 1.54) is 10.1 Å². The maximum absolute atomic E-state index is 13.5. The van der Waals surface area contributed by atoms with Crippen molar-refractivity contribution in [2.45, 2.75) is 51.4 Å². The largest absolute Gasteiger partial charge is 0.467 e. The Kier molecular flexibility index (Phi) is 10.2. The number of nitrogens with one attached hydrogen (secondary N) is 2. The summed E-state index contributed by atoms with van der Waals surface area (Å²) in [5, 5.41) is 6.49. The van der Waals surface area contributed by atoms with Crippen LogP contribution in [0.1, 0.15) is 48.9 Å². The van der Waals surface area contributed by atoms with Crippen molar-refractivity contribution >= 4 is 40.2 Å². The Morgan fingerprint density at radius 3 is 2.62 bits per heavy atom. The van der Waals surface area contributed by atoms with E-state index in [2.05, 4.69) is 17.6 Å². The standard InChI is InChI=1S/C30H34N4O5S/c1-4-21-8-11-23(12-9-21)32-27(35)19-40-30-33-26-17-22(28(36)31-14-6-16-38-20(2)3)10-13-25(26)29(37)34(30)18-24-7-5-15-39-24/h5,7-13,15,17,20H,4,6,14,16,18-19H2,1-3H3,(H,31,36)(H,32,35). The van der Waals surface area contributed by atoms with Gasteiger partial charge in [-0.1, -0.05) is 30.8 Å². The van der Waals surface area contributed by atoms with Gasteiger partial charge in [0.15, 0.2) is 5.16 Å². The molecular weight excluding hydrogens is 528 g/mol. The van der Waals surface area contributed by atoms with Gasteiger partial charge in [0.25, 0.3) is 11.5 Å². The number of benzene rings is 2. The molecule has 0 atom stereocenters. The molecular formula is C30H34N4O5S. The van der Waals surface area contributed by atoms with Crippen LogP contribution in [0.3, 0.4) is 0 Å². The highest BCUT2D eigenvalue weighted by Crippen LogP contribution is 2.21. The molecule has 4 rings (SSSR count). The van der Waals surface area contributed by atoms with Gasteiger partial charge in [-0.3, -0.25) is 19.0 Å². The van der Waals surface area contributed by atoms with Gasteiger partial charge in [-0.2, -0.15) is 0 Å². The van der Waals surface area contributed by atoms with Crippen LogP contribution in [0.15, 0.2) is 75.2 Å². The number of ether oxygens (including phenoxy) is 1. The SMILES string of the molecule is CCc1ccc(NC(=O)CSc2nc3cc(C(=O)NCCCOC(C)C)ccc3c(=O)n2Cc2ccco2)cc1. The number of carbonyl (C=O) groups excluding carboxylic acids is 2. The van der Waals surface area contributed by atoms with E-state index >= 15 is 0 Å². The molecule has 4 aromatic rings. The summed E-state index contributed by atoms with van der Waals surface area (Å²) >= 11 is 1.15. The molecule has 2 aromatic heterocycles. The fourth-order valence-electron chi connectivity index (χ4n) is 4.00. The molecule has 210 valence electrons. The maximum Gasteiger partial charge on any atom is 0.262 e. The first-order valence-electron chi connectivity index (χ1n) is 13.3. The number of anilines is 1. The quantitative estimate of drug-likeness (QED) is 0.136. The predicted molar refractivity (Wildman–Crippen MR) is 157 cm³/mol. The first-order chi connectivity index (χ1) is 19.3. The lowest BCUT2D eigenvalue weighted by atomic mass is 10.1. The van der Waals surface area contributed by atoms with E-state index < -0.39 is 0 Å². The van der Waals surface area contributed by atoms with Crippen LogP contribution in [0.4, 0.5) is 5.69 Å². The first-order valence-corrected chi connectivity index (χ1v) is 14.3. The molecule has 0 unspecified atom stereocenters. The highest BCUT2D eigenvalue weighted by molar-refractivity contribution is 7.99. The molecule has 0 saturated carbocycles. The Balaban J connectivity index is 1.53. The molecule has 40 heavy (non-hydrogen) atoms. The summed E-state index contributed by atoms with van der Waals surface area (Å²) in [6.45, 7) is 7.20. The number of hydrogen-bond acceptors (Lipinski definition) is 7. The van der Waals surface area contributed by atoms with E-state index in [1.54, 1.807) is 36.6 Å². The van der Waals surface area contributed by atoms with Gasteiger partial charge >= 0.3 is 0 Å². The number of furan rings is 1. The molecule has 0 saturated heterocycles. The highest BCUT2D eigenvalue weighted by Gasteiger charge is 2.17. The molecule has 9 nitrogen and oxygen atoms in total. The Morgan fingerprint density at radius 1 is 1.12 bits per heavy atom. The zero-order valence-corrected chi connectivity index (χ0v) is 23.8. The smallest absolute Gasteiger partial charge is 0.262 e. The van der Waals surface area contributed by atoms with E-state index in [0.717, 1.165) is 18.2 Å². The van der Waals surface area contributed by atoms with E-state index in [9.17, 15) is 14.4 Å². The lowest BCUT2D eigenvalue weighted by Gasteiger charge is -2.13. The van der Waals surface area contributed by atoms with Crippen LogP contribution in [0.25, 0.3) is 10.9 Å². The molecule has 0 fully saturated rings. The summed E-state index contributed by atoms with van der Waals surface area (Å²) < 4.78 is 12.5. The van der Waals surface area contributed by atoms with Crippen molar-refractivity contribution in [1.29, 1.82) is 0 Å². The van der Waals surface area contributed by atoms with Gasteiger partial charge in [-0.05, 0) is 74.7 Å². The summed E-state index contributed by atoms with van der Waals surface area (Å²) in [6, 6.07) is 16.0. The Hall–Kier alpha value is -3.89. The minimum Gasteiger partial charge on any atom is -0.467 e. The predicted octanol–water partition coefficient (Wildman–Crippen LogP) is 4.88. The molecule has 10 heteroatoms. The van der Waals surface area contributed by atoms with Crippen molar-refractivity contribution in [1.82, 2.24) is 14.9 Å². The number of aromatic nitrogens is 2. The number of nitrogens with zero attached hydrogens (tertiary/aromatic N) is 2. The fraction of sp³-hybridized carbons (Fsp3) is 0.333. The van der Waals surface area contributed by atoms with Gasteiger partial charge in [-0.15, -0.1) is 0 Å². The molecule has 2 heterocycles. The van der Waals surface area contributed by atoms with Crippen LogP contribution in [-0.2, 0) is 22.5 Å². The van der Waals surface area contributed by atoms with Crippen molar-refractivity contribution in [3.8, 4) is 0 Å². The average Bonchev–Trinajstić information content (AvgIpc) is 3.46. The maximum atomic E-state index is 13.5. The van der Waals surface area contributed by atoms with Gasteiger partial charge in [0.2, 0.25) is 5.91 Å². The summed E-state index contributed by atoms with van der Waals surface area (Å²) in [7, 11) is 0. The van der Waals surface area contributed by atoms with Crippen molar-refractivity contribution in [2.24, 2.45) is 0 Å². The van der Waals surface area contributed by atoms with Crippen LogP contribution in [0.5, 0.6) is 0 Å². The lowest BCUT2D eigenvalue weighted by Crippen LogP contribution is -2.27. The van der Waals surface area contributed by atoms with Crippen LogP contribution in [0.2, 0.25) is 0 Å². The van der Waals surface area contributed by atoms with Gasteiger partial charge in [0.05, 0.1) is 35.6 Å². The van der Waals surface area contributed by atoms with Crippen molar-refractivity contribution in [3.63, 3.8) is 0 Å². The summed E-state index contributed by atoms with van der Waals surface area (Å²) in [4.78, 5) is 43.6. The third-order valence-corrected chi connectivity index (χ3v) is 7.09. The van der Waals surface area contributed by atoms with E-state index in [4.69, 9.17) is 14.1 Å². The number of amides is 2. The van der Waals surface area contributed by atoms with Crippen LogP contribution in [0, 0.1) is 0 Å². The number of thioether (sulfide) groups is 1. The molecule has 2 N–H and O–H groups in total. The molecule has 0 spiro atoms. The van der Waals surface area contributed by atoms with Crippen LogP contribution >= 0.6 is 11.8 Å². The number of aryl methyl sites for hydroxylation is 1. The lowest BCUT2D eigenvalue weighted by molar-refractivity contribution is -0.113. The van der Waals surface area contributed by atoms with Crippen LogP contribution in [-0.4, -0.2) is 46.4 Å². The van der Waals surface area contributed by atoms with Gasteiger partial charge in [0.1, 0.15) is 5.76 Å². The monoisotopic (exact) mass is 562 g/mol. The average molecular weight is 563 g/mol. The minimum atomic E-state index is -0.280. The number of carbonyl (C=O) groups is 2. The number of hydrogen-bond donors (Lipinski definition) is 2. The van der Waals surface area contributed by atoms with Gasteiger partial charge in [0, 0.05) is 24.4 Å². The normalized spacial score (nSPS) is 11.2. The fourth-order valence-corrected chi connectivity index (χ4v) is 4.79. The van der Waals surface area contributed by atoms with E-state index in [0.29, 0.717) is 52.6 Å². The Bertz CT molecular complexity index is 1500. The number of rotatable bonds is 13. The van der Waals surface area contributed by atoms with E-state index in [-0.39, 0.29) is 35.8 Å². The van der Waals surface area contributed by atoms with Crippen molar-refractivity contribution < 1.29 is 18.7 Å². The molecule has 0 bridgehead atoms. The molecule has 0 radical (unpaired) electrons.